The second kappa shape index (κ2) is 9.29. The maximum absolute atomic E-state index is 5.73. The van der Waals surface area contributed by atoms with Gasteiger partial charge in [0, 0.05) is 0 Å². The molecule has 0 aliphatic carbocycles. The van der Waals surface area contributed by atoms with Crippen molar-refractivity contribution in [1.82, 2.24) is 5.32 Å². The van der Waals surface area contributed by atoms with Crippen LogP contribution in [0.15, 0.2) is 60.7 Å². The van der Waals surface area contributed by atoms with E-state index in [2.05, 4.69) is 29.6 Å². The minimum atomic E-state index is 0.206. The van der Waals surface area contributed by atoms with Crippen molar-refractivity contribution in [1.29, 1.82) is 0 Å². The molecule has 2 aromatic carbocycles. The topological polar surface area (TPSA) is 30.5 Å². The first-order valence-corrected chi connectivity index (χ1v) is 7.29. The molecule has 2 aromatic rings. The molecule has 0 bridgehead atoms. The molecule has 0 fully saturated rings. The molecule has 1 N–H and O–H groups in total. The van der Waals surface area contributed by atoms with Crippen LogP contribution in [0.25, 0.3) is 0 Å². The van der Waals surface area contributed by atoms with Crippen LogP contribution in [-0.2, 0) is 22.7 Å². The lowest BCUT2D eigenvalue weighted by molar-refractivity contribution is 0.0456. The van der Waals surface area contributed by atoms with Crippen LogP contribution in [0.4, 0.5) is 0 Å². The second-order valence-corrected chi connectivity index (χ2v) is 4.99. The van der Waals surface area contributed by atoms with E-state index in [-0.39, 0.29) is 6.04 Å². The van der Waals surface area contributed by atoms with Crippen LogP contribution in [0.1, 0.15) is 11.1 Å². The van der Waals surface area contributed by atoms with Gasteiger partial charge in [-0.15, -0.1) is 0 Å². The van der Waals surface area contributed by atoms with Gasteiger partial charge in [0.2, 0.25) is 0 Å². The molecule has 0 aliphatic rings. The van der Waals surface area contributed by atoms with Gasteiger partial charge in [-0.25, -0.2) is 0 Å². The number of hydrogen-bond acceptors (Lipinski definition) is 3. The summed E-state index contributed by atoms with van der Waals surface area (Å²) in [5.41, 5.74) is 2.38. The van der Waals surface area contributed by atoms with Crippen molar-refractivity contribution in [2.75, 3.05) is 20.3 Å². The molecule has 0 radical (unpaired) electrons. The number of benzene rings is 2. The minimum absolute atomic E-state index is 0.206. The third-order valence-electron chi connectivity index (χ3n) is 3.27. The summed E-state index contributed by atoms with van der Waals surface area (Å²) in [6.07, 6.45) is 0. The number of nitrogens with one attached hydrogen (secondary N) is 1. The molecule has 0 heterocycles. The van der Waals surface area contributed by atoms with E-state index in [4.69, 9.17) is 9.47 Å². The smallest absolute Gasteiger partial charge is 0.0717 e. The molecular weight excluding hydrogens is 262 g/mol. The van der Waals surface area contributed by atoms with E-state index < -0.39 is 0 Å². The molecule has 0 spiro atoms. The van der Waals surface area contributed by atoms with E-state index in [1.54, 1.807) is 0 Å². The molecule has 2 rings (SSSR count). The molecule has 0 saturated carbocycles. The fourth-order valence-corrected chi connectivity index (χ4v) is 2.00. The van der Waals surface area contributed by atoms with E-state index in [0.29, 0.717) is 26.4 Å². The summed E-state index contributed by atoms with van der Waals surface area (Å²) in [5, 5.41) is 3.22. The Labute approximate surface area is 126 Å². The van der Waals surface area contributed by atoms with Gasteiger partial charge in [-0.05, 0) is 18.2 Å². The molecule has 112 valence electrons. The molecule has 0 unspecified atom stereocenters. The average Bonchev–Trinajstić information content (AvgIpc) is 2.55. The molecule has 0 aromatic heterocycles. The van der Waals surface area contributed by atoms with Gasteiger partial charge in [0.1, 0.15) is 0 Å². The van der Waals surface area contributed by atoms with E-state index >= 15 is 0 Å². The SMILES string of the molecule is CNC(COCc1ccccc1)COCc1ccccc1. The molecule has 0 saturated heterocycles. The zero-order valence-electron chi connectivity index (χ0n) is 12.5. The highest BCUT2D eigenvalue weighted by molar-refractivity contribution is 5.14. The maximum Gasteiger partial charge on any atom is 0.0717 e. The lowest BCUT2D eigenvalue weighted by Gasteiger charge is -2.16. The first kappa shape index (κ1) is 15.7. The lowest BCUT2D eigenvalue weighted by atomic mass is 10.2. The number of likely N-dealkylation sites (N-methyl/N-ethyl adjacent to an activating group) is 1. The predicted molar refractivity (Wildman–Crippen MR) is 85.0 cm³/mol. The van der Waals surface area contributed by atoms with Crippen molar-refractivity contribution in [2.24, 2.45) is 0 Å². The number of ether oxygens (including phenoxy) is 2. The predicted octanol–water partition coefficient (Wildman–Crippen LogP) is 3.01. The molecular formula is C18H23NO2. The van der Waals surface area contributed by atoms with Crippen LogP contribution >= 0.6 is 0 Å². The monoisotopic (exact) mass is 285 g/mol. The van der Waals surface area contributed by atoms with Crippen LogP contribution in [0.2, 0.25) is 0 Å². The number of rotatable bonds is 9. The van der Waals surface area contributed by atoms with Crippen molar-refractivity contribution in [3.05, 3.63) is 71.8 Å². The molecule has 3 heteroatoms. The molecule has 0 aliphatic heterocycles. The van der Waals surface area contributed by atoms with Crippen molar-refractivity contribution >= 4 is 0 Å². The summed E-state index contributed by atoms with van der Waals surface area (Å²) in [6, 6.07) is 20.6. The Hall–Kier alpha value is -1.68. The second-order valence-electron chi connectivity index (χ2n) is 4.99. The summed E-state index contributed by atoms with van der Waals surface area (Å²) in [6.45, 7) is 2.55. The Bertz CT molecular complexity index is 442. The van der Waals surface area contributed by atoms with Crippen LogP contribution < -0.4 is 5.32 Å². The largest absolute Gasteiger partial charge is 0.375 e. The van der Waals surface area contributed by atoms with Crippen LogP contribution in [0.5, 0.6) is 0 Å². The van der Waals surface area contributed by atoms with Gasteiger partial charge in [-0.2, -0.15) is 0 Å². The fraction of sp³-hybridized carbons (Fsp3) is 0.333. The van der Waals surface area contributed by atoms with Crippen molar-refractivity contribution in [3.63, 3.8) is 0 Å². The Morgan fingerprint density at radius 2 is 1.19 bits per heavy atom. The molecule has 21 heavy (non-hydrogen) atoms. The van der Waals surface area contributed by atoms with Crippen LogP contribution in [-0.4, -0.2) is 26.3 Å². The fourth-order valence-electron chi connectivity index (χ4n) is 2.00. The molecule has 0 amide bonds. The van der Waals surface area contributed by atoms with Gasteiger partial charge < -0.3 is 14.8 Å². The van der Waals surface area contributed by atoms with Gasteiger partial charge in [0.15, 0.2) is 0 Å². The first-order valence-electron chi connectivity index (χ1n) is 7.29. The molecule has 3 nitrogen and oxygen atoms in total. The van der Waals surface area contributed by atoms with Crippen molar-refractivity contribution in [2.45, 2.75) is 19.3 Å². The Balaban J connectivity index is 1.64. The molecule has 0 atom stereocenters. The van der Waals surface area contributed by atoms with E-state index in [0.717, 1.165) is 0 Å². The summed E-state index contributed by atoms with van der Waals surface area (Å²) in [4.78, 5) is 0. The van der Waals surface area contributed by atoms with Crippen LogP contribution in [0, 0.1) is 0 Å². The summed E-state index contributed by atoms with van der Waals surface area (Å²) in [5.74, 6) is 0. The zero-order chi connectivity index (χ0) is 14.8. The van der Waals surface area contributed by atoms with Gasteiger partial charge in [-0.1, -0.05) is 60.7 Å². The standard InChI is InChI=1S/C18H23NO2/c1-19-18(14-20-12-16-8-4-2-5-9-16)15-21-13-17-10-6-3-7-11-17/h2-11,18-19H,12-15H2,1H3. The van der Waals surface area contributed by atoms with Crippen molar-refractivity contribution in [3.8, 4) is 0 Å². The quantitative estimate of drug-likeness (QED) is 0.768. The zero-order valence-corrected chi connectivity index (χ0v) is 12.5. The van der Waals surface area contributed by atoms with Gasteiger partial charge in [0.25, 0.3) is 0 Å². The summed E-state index contributed by atoms with van der Waals surface area (Å²) in [7, 11) is 1.93. The van der Waals surface area contributed by atoms with Crippen LogP contribution in [0.3, 0.4) is 0 Å². The van der Waals surface area contributed by atoms with E-state index in [1.165, 1.54) is 11.1 Å². The minimum Gasteiger partial charge on any atom is -0.375 e. The lowest BCUT2D eigenvalue weighted by Crippen LogP contribution is -2.34. The normalized spacial score (nSPS) is 11.0. The van der Waals surface area contributed by atoms with Gasteiger partial charge in [-0.3, -0.25) is 0 Å². The maximum atomic E-state index is 5.73. The van der Waals surface area contributed by atoms with Gasteiger partial charge >= 0.3 is 0 Å². The number of hydrogen-bond donors (Lipinski definition) is 1. The highest BCUT2D eigenvalue weighted by Gasteiger charge is 2.06. The Morgan fingerprint density at radius 3 is 1.57 bits per heavy atom. The summed E-state index contributed by atoms with van der Waals surface area (Å²) >= 11 is 0. The first-order chi connectivity index (χ1) is 10.4. The van der Waals surface area contributed by atoms with Crippen molar-refractivity contribution < 1.29 is 9.47 Å². The third kappa shape index (κ3) is 6.08. The average molecular weight is 285 g/mol. The Morgan fingerprint density at radius 1 is 0.762 bits per heavy atom. The summed E-state index contributed by atoms with van der Waals surface area (Å²) < 4.78 is 11.5. The third-order valence-corrected chi connectivity index (χ3v) is 3.27. The highest BCUT2D eigenvalue weighted by Crippen LogP contribution is 2.03. The van der Waals surface area contributed by atoms with E-state index in [9.17, 15) is 0 Å². The highest BCUT2D eigenvalue weighted by atomic mass is 16.5. The van der Waals surface area contributed by atoms with E-state index in [1.807, 2.05) is 43.4 Å². The van der Waals surface area contributed by atoms with Gasteiger partial charge in [0.05, 0.1) is 32.5 Å². The Kier molecular flexibility index (Phi) is 6.95.